The summed E-state index contributed by atoms with van der Waals surface area (Å²) in [6.45, 7) is 1.81. The number of hydrogen-bond acceptors (Lipinski definition) is 4. The van der Waals surface area contributed by atoms with E-state index in [2.05, 4.69) is 53.0 Å². The molecule has 1 aliphatic rings. The van der Waals surface area contributed by atoms with Gasteiger partial charge in [-0.25, -0.2) is 0 Å². The number of hydrogen-bond donors (Lipinski definition) is 1. The molecule has 1 aliphatic carbocycles. The molecule has 0 heterocycles. The highest BCUT2D eigenvalue weighted by atomic mass is 16.5. The number of ether oxygens (including phenoxy) is 1. The second-order valence-electron chi connectivity index (χ2n) is 8.19. The predicted molar refractivity (Wildman–Crippen MR) is 128 cm³/mol. The predicted octanol–water partition coefficient (Wildman–Crippen LogP) is 7.49. The van der Waals surface area contributed by atoms with Crippen LogP contribution < -0.4 is 10.1 Å². The Labute approximate surface area is 184 Å². The van der Waals surface area contributed by atoms with Crippen LogP contribution in [0, 0.1) is 4.91 Å². The monoisotopic (exact) mass is 414 g/mol. The summed E-state index contributed by atoms with van der Waals surface area (Å²) in [6, 6.07) is 22.4. The van der Waals surface area contributed by atoms with Gasteiger partial charge in [0.15, 0.2) is 0 Å². The molecule has 0 saturated heterocycles. The molecule has 3 aromatic carbocycles. The molecule has 0 spiro atoms. The van der Waals surface area contributed by atoms with Crippen LogP contribution in [0.2, 0.25) is 0 Å². The number of nitrogens with zero attached hydrogens (tertiary/aromatic N) is 1. The molecule has 1 N–H and O–H groups in total. The van der Waals surface area contributed by atoms with Gasteiger partial charge in [-0.2, -0.15) is 0 Å². The Morgan fingerprint density at radius 3 is 2.29 bits per heavy atom. The van der Waals surface area contributed by atoms with Crippen molar-refractivity contribution in [2.24, 2.45) is 5.18 Å². The van der Waals surface area contributed by atoms with E-state index in [-0.39, 0.29) is 0 Å². The summed E-state index contributed by atoms with van der Waals surface area (Å²) in [7, 11) is 0. The summed E-state index contributed by atoms with van der Waals surface area (Å²) in [5, 5.41) is 6.51. The Hall–Kier alpha value is -3.14. The average Bonchev–Trinajstić information content (AvgIpc) is 3.17. The quantitative estimate of drug-likeness (QED) is 0.193. The molecule has 0 bridgehead atoms. The highest BCUT2D eigenvalue weighted by Crippen LogP contribution is 2.39. The molecule has 0 atom stereocenters. The second kappa shape index (κ2) is 10.8. The number of unbranched alkanes of at least 4 members (excludes halogenated alkanes) is 5. The fourth-order valence-electron chi connectivity index (χ4n) is 4.23. The van der Waals surface area contributed by atoms with Gasteiger partial charge in [0, 0.05) is 12.2 Å². The van der Waals surface area contributed by atoms with Crippen molar-refractivity contribution in [2.75, 3.05) is 18.5 Å². The molecular weight excluding hydrogens is 384 g/mol. The molecular formula is C27H30N2O2. The van der Waals surface area contributed by atoms with Crippen molar-refractivity contribution in [3.05, 3.63) is 82.8 Å². The van der Waals surface area contributed by atoms with Crippen LogP contribution in [0.4, 0.5) is 11.4 Å². The van der Waals surface area contributed by atoms with Crippen molar-refractivity contribution >= 4 is 11.4 Å². The lowest BCUT2D eigenvalue weighted by Crippen LogP contribution is -2.01. The maximum absolute atomic E-state index is 10.8. The average molecular weight is 415 g/mol. The number of nitrogens with one attached hydrogen (secondary N) is 1. The van der Waals surface area contributed by atoms with Gasteiger partial charge in [-0.1, -0.05) is 56.0 Å². The maximum Gasteiger partial charge on any atom is 0.119 e. The molecule has 4 heteroatoms. The zero-order chi connectivity index (χ0) is 21.3. The third-order valence-electron chi connectivity index (χ3n) is 5.88. The molecule has 0 aromatic heterocycles. The smallest absolute Gasteiger partial charge is 0.119 e. The van der Waals surface area contributed by atoms with E-state index in [0.717, 1.165) is 31.7 Å². The van der Waals surface area contributed by atoms with E-state index in [1.807, 2.05) is 18.2 Å². The molecule has 0 aliphatic heterocycles. The third kappa shape index (κ3) is 5.72. The highest BCUT2D eigenvalue weighted by Gasteiger charge is 2.19. The second-order valence-corrected chi connectivity index (χ2v) is 8.19. The number of fused-ring (bicyclic) bond motifs is 3. The van der Waals surface area contributed by atoms with Crippen LogP contribution in [-0.4, -0.2) is 13.2 Å². The van der Waals surface area contributed by atoms with E-state index in [4.69, 9.17) is 4.74 Å². The first-order valence-electron chi connectivity index (χ1n) is 11.3. The van der Waals surface area contributed by atoms with E-state index >= 15 is 0 Å². The van der Waals surface area contributed by atoms with Gasteiger partial charge in [0.05, 0.1) is 6.61 Å². The first kappa shape index (κ1) is 21.1. The normalized spacial score (nSPS) is 11.6. The topological polar surface area (TPSA) is 50.7 Å². The molecule has 3 aromatic rings. The SMILES string of the molecule is O=Nc1ccc2c(c1)Cc1cc(OCCCCCCCCNc3ccccc3)ccc1-2. The van der Waals surface area contributed by atoms with E-state index in [1.54, 1.807) is 6.07 Å². The van der Waals surface area contributed by atoms with Crippen LogP contribution in [-0.2, 0) is 6.42 Å². The summed E-state index contributed by atoms with van der Waals surface area (Å²) in [5.41, 5.74) is 6.57. The van der Waals surface area contributed by atoms with Crippen molar-refractivity contribution in [1.29, 1.82) is 0 Å². The molecule has 0 radical (unpaired) electrons. The minimum Gasteiger partial charge on any atom is -0.494 e. The molecule has 0 fully saturated rings. The van der Waals surface area contributed by atoms with Gasteiger partial charge in [-0.15, -0.1) is 4.91 Å². The third-order valence-corrected chi connectivity index (χ3v) is 5.88. The van der Waals surface area contributed by atoms with Gasteiger partial charge in [-0.05, 0) is 83.1 Å². The van der Waals surface area contributed by atoms with Gasteiger partial charge < -0.3 is 10.1 Å². The van der Waals surface area contributed by atoms with E-state index in [0.29, 0.717) is 5.69 Å². The maximum atomic E-state index is 10.8. The van der Waals surface area contributed by atoms with Crippen LogP contribution in [0.3, 0.4) is 0 Å². The Morgan fingerprint density at radius 1 is 0.774 bits per heavy atom. The molecule has 160 valence electrons. The van der Waals surface area contributed by atoms with Gasteiger partial charge >= 0.3 is 0 Å². The molecule has 4 rings (SSSR count). The number of benzene rings is 3. The Bertz CT molecular complexity index is 1000. The number of nitroso groups, excluding NO2 is 1. The van der Waals surface area contributed by atoms with E-state index < -0.39 is 0 Å². The van der Waals surface area contributed by atoms with Crippen molar-refractivity contribution in [2.45, 2.75) is 44.9 Å². The molecule has 4 nitrogen and oxygen atoms in total. The van der Waals surface area contributed by atoms with Crippen LogP contribution in [0.5, 0.6) is 5.75 Å². The standard InChI is InChI=1S/C27H30N2O2/c30-29-24-12-14-26-21(19-24)18-22-20-25(13-15-27(22)26)31-17-9-4-2-1-3-8-16-28-23-10-6-5-7-11-23/h5-7,10-15,19-20,28H,1-4,8-9,16-18H2. The summed E-state index contributed by atoms with van der Waals surface area (Å²) in [4.78, 5) is 10.8. The summed E-state index contributed by atoms with van der Waals surface area (Å²) >= 11 is 0. The van der Waals surface area contributed by atoms with Crippen LogP contribution in [0.1, 0.15) is 49.7 Å². The van der Waals surface area contributed by atoms with Gasteiger partial charge in [0.2, 0.25) is 0 Å². The van der Waals surface area contributed by atoms with Gasteiger partial charge in [0.25, 0.3) is 0 Å². The first-order valence-corrected chi connectivity index (χ1v) is 11.3. The fraction of sp³-hybridized carbons (Fsp3) is 0.333. The lowest BCUT2D eigenvalue weighted by atomic mass is 10.1. The minimum absolute atomic E-state index is 0.496. The summed E-state index contributed by atoms with van der Waals surface area (Å²) in [6.07, 6.45) is 8.18. The highest BCUT2D eigenvalue weighted by molar-refractivity contribution is 5.78. The molecule has 31 heavy (non-hydrogen) atoms. The Morgan fingerprint density at radius 2 is 1.48 bits per heavy atom. The molecule has 0 saturated carbocycles. The first-order chi connectivity index (χ1) is 15.3. The van der Waals surface area contributed by atoms with Crippen molar-refractivity contribution in [1.82, 2.24) is 0 Å². The minimum atomic E-state index is 0.496. The van der Waals surface area contributed by atoms with Crippen molar-refractivity contribution in [3.8, 4) is 16.9 Å². The lowest BCUT2D eigenvalue weighted by Gasteiger charge is -2.09. The molecule has 0 unspecified atom stereocenters. The molecule has 0 amide bonds. The van der Waals surface area contributed by atoms with E-state index in [1.165, 1.54) is 60.0 Å². The van der Waals surface area contributed by atoms with Gasteiger partial charge in [0.1, 0.15) is 11.4 Å². The lowest BCUT2D eigenvalue weighted by molar-refractivity contribution is 0.304. The largest absolute Gasteiger partial charge is 0.494 e. The van der Waals surface area contributed by atoms with E-state index in [9.17, 15) is 4.91 Å². The zero-order valence-corrected chi connectivity index (χ0v) is 18.0. The number of para-hydroxylation sites is 1. The Kier molecular flexibility index (Phi) is 7.32. The zero-order valence-electron chi connectivity index (χ0n) is 18.0. The van der Waals surface area contributed by atoms with Crippen LogP contribution >= 0.6 is 0 Å². The van der Waals surface area contributed by atoms with Gasteiger partial charge in [-0.3, -0.25) is 0 Å². The number of anilines is 1. The van der Waals surface area contributed by atoms with Crippen molar-refractivity contribution in [3.63, 3.8) is 0 Å². The van der Waals surface area contributed by atoms with Crippen molar-refractivity contribution < 1.29 is 4.74 Å². The summed E-state index contributed by atoms with van der Waals surface area (Å²) in [5.74, 6) is 0.937. The van der Waals surface area contributed by atoms with Crippen LogP contribution in [0.15, 0.2) is 71.9 Å². The number of rotatable bonds is 12. The fourth-order valence-corrected chi connectivity index (χ4v) is 4.23. The summed E-state index contributed by atoms with van der Waals surface area (Å²) < 4.78 is 5.99. The Balaban J connectivity index is 1.10. The van der Waals surface area contributed by atoms with Crippen LogP contribution in [0.25, 0.3) is 11.1 Å².